The lowest BCUT2D eigenvalue weighted by molar-refractivity contribution is -0.144. The van der Waals surface area contributed by atoms with E-state index in [1.54, 1.807) is 56.3 Å². The molecule has 2 atom stereocenters. The summed E-state index contributed by atoms with van der Waals surface area (Å²) in [6, 6.07) is 12.1. The van der Waals surface area contributed by atoms with Crippen molar-refractivity contribution in [2.24, 2.45) is 0 Å². The molecule has 6 heteroatoms. The molecule has 0 aliphatic rings. The number of rotatable bonds is 5. The van der Waals surface area contributed by atoms with Crippen molar-refractivity contribution in [3.05, 3.63) is 64.5 Å². The number of carbonyl (C=O) groups is 1. The first-order valence-electron chi connectivity index (χ1n) is 8.00. The number of aliphatic hydroxyl groups excluding tert-OH is 1. The van der Waals surface area contributed by atoms with E-state index in [2.05, 4.69) is 4.98 Å². The Morgan fingerprint density at radius 1 is 1.24 bits per heavy atom. The van der Waals surface area contributed by atoms with Gasteiger partial charge >= 0.3 is 5.97 Å². The zero-order valence-electron chi connectivity index (χ0n) is 13.9. The summed E-state index contributed by atoms with van der Waals surface area (Å²) >= 11 is 5.86. The normalized spacial score (nSPS) is 13.6. The number of carbonyl (C=O) groups excluding carboxylic acids is 1. The van der Waals surface area contributed by atoms with Crippen molar-refractivity contribution in [3.8, 4) is 0 Å². The second-order valence-corrected chi connectivity index (χ2v) is 6.14. The molecule has 0 radical (unpaired) electrons. The summed E-state index contributed by atoms with van der Waals surface area (Å²) in [5.41, 5.74) is 2.54. The van der Waals surface area contributed by atoms with Crippen molar-refractivity contribution < 1.29 is 19.1 Å². The van der Waals surface area contributed by atoms with Crippen LogP contribution in [0.15, 0.2) is 46.9 Å². The first-order chi connectivity index (χ1) is 12.0. The topological polar surface area (TPSA) is 72.6 Å². The summed E-state index contributed by atoms with van der Waals surface area (Å²) in [5.74, 6) is -0.490. The van der Waals surface area contributed by atoms with E-state index in [1.807, 2.05) is 0 Å². The quantitative estimate of drug-likeness (QED) is 0.690. The van der Waals surface area contributed by atoms with E-state index < -0.39 is 12.0 Å². The molecule has 0 saturated heterocycles. The van der Waals surface area contributed by atoms with Crippen LogP contribution in [0.4, 0.5) is 0 Å². The lowest BCUT2D eigenvalue weighted by atomic mass is 10.0. The largest absolute Gasteiger partial charge is 0.466 e. The summed E-state index contributed by atoms with van der Waals surface area (Å²) in [4.78, 5) is 16.2. The van der Waals surface area contributed by atoms with E-state index in [0.29, 0.717) is 28.3 Å². The second kappa shape index (κ2) is 7.25. The van der Waals surface area contributed by atoms with Gasteiger partial charge in [-0.1, -0.05) is 29.8 Å². The molecule has 3 rings (SSSR count). The number of ether oxygens (including phenoxy) is 1. The molecular weight excluding hydrogens is 342 g/mol. The Morgan fingerprint density at radius 2 is 1.92 bits per heavy atom. The number of nitrogens with zero attached hydrogens (tertiary/aromatic N) is 1. The zero-order valence-corrected chi connectivity index (χ0v) is 14.7. The van der Waals surface area contributed by atoms with Crippen molar-refractivity contribution in [2.45, 2.75) is 25.9 Å². The molecule has 0 spiro atoms. The first kappa shape index (κ1) is 17.5. The van der Waals surface area contributed by atoms with Gasteiger partial charge in [-0.05, 0) is 49.2 Å². The average Bonchev–Trinajstić information content (AvgIpc) is 3.04. The predicted octanol–water partition coefficient (Wildman–Crippen LogP) is 4.23. The van der Waals surface area contributed by atoms with Gasteiger partial charge in [-0.2, -0.15) is 0 Å². The highest BCUT2D eigenvalue weighted by atomic mass is 35.5. The van der Waals surface area contributed by atoms with Crippen LogP contribution < -0.4 is 0 Å². The Hall–Kier alpha value is -2.37. The van der Waals surface area contributed by atoms with Gasteiger partial charge in [0, 0.05) is 5.02 Å². The van der Waals surface area contributed by atoms with Crippen LogP contribution in [0.3, 0.4) is 0 Å². The van der Waals surface area contributed by atoms with Gasteiger partial charge in [0.15, 0.2) is 11.7 Å². The molecule has 2 aromatic carbocycles. The van der Waals surface area contributed by atoms with Crippen molar-refractivity contribution in [3.63, 3.8) is 0 Å². The summed E-state index contributed by atoms with van der Waals surface area (Å²) in [6.07, 6.45) is -0.990. The lowest BCUT2D eigenvalue weighted by Crippen LogP contribution is -2.12. The van der Waals surface area contributed by atoms with E-state index in [-0.39, 0.29) is 11.9 Å². The number of esters is 1. The van der Waals surface area contributed by atoms with E-state index in [1.165, 1.54) is 0 Å². The average molecular weight is 360 g/mol. The maximum atomic E-state index is 11.9. The van der Waals surface area contributed by atoms with Crippen LogP contribution in [0, 0.1) is 0 Å². The number of aromatic nitrogens is 1. The molecule has 0 fully saturated rings. The van der Waals surface area contributed by atoms with Crippen molar-refractivity contribution in [1.82, 2.24) is 4.98 Å². The van der Waals surface area contributed by atoms with Crippen molar-refractivity contribution >= 4 is 28.7 Å². The third-order valence-electron chi connectivity index (χ3n) is 3.99. The van der Waals surface area contributed by atoms with Gasteiger partial charge in [0.05, 0.1) is 12.5 Å². The molecule has 2 unspecified atom stereocenters. The maximum Gasteiger partial charge on any atom is 0.313 e. The Bertz CT molecular complexity index is 888. The molecule has 5 nitrogen and oxygen atoms in total. The minimum atomic E-state index is -0.990. The predicted molar refractivity (Wildman–Crippen MR) is 94.6 cm³/mol. The monoisotopic (exact) mass is 359 g/mol. The summed E-state index contributed by atoms with van der Waals surface area (Å²) in [5, 5.41) is 11.0. The van der Waals surface area contributed by atoms with Gasteiger partial charge in [-0.3, -0.25) is 4.79 Å². The molecule has 3 aromatic rings. The van der Waals surface area contributed by atoms with Crippen LogP contribution in [0.2, 0.25) is 5.02 Å². The highest BCUT2D eigenvalue weighted by Gasteiger charge is 2.20. The Morgan fingerprint density at radius 3 is 2.60 bits per heavy atom. The Balaban J connectivity index is 1.89. The minimum Gasteiger partial charge on any atom is -0.466 e. The molecule has 1 heterocycles. The van der Waals surface area contributed by atoms with Gasteiger partial charge in [-0.15, -0.1) is 0 Å². The summed E-state index contributed by atoms with van der Waals surface area (Å²) in [6.45, 7) is 3.89. The molecule has 0 saturated carbocycles. The first-order valence-corrected chi connectivity index (χ1v) is 8.38. The lowest BCUT2D eigenvalue weighted by Gasteiger charge is -2.10. The fourth-order valence-corrected chi connectivity index (χ4v) is 2.67. The van der Waals surface area contributed by atoms with Crippen LogP contribution in [-0.4, -0.2) is 22.7 Å². The fraction of sp³-hybridized carbons (Fsp3) is 0.263. The van der Waals surface area contributed by atoms with Gasteiger partial charge < -0.3 is 14.3 Å². The summed E-state index contributed by atoms with van der Waals surface area (Å²) in [7, 11) is 0. The van der Waals surface area contributed by atoms with Crippen LogP contribution in [0.1, 0.15) is 42.9 Å². The van der Waals surface area contributed by atoms with E-state index >= 15 is 0 Å². The van der Waals surface area contributed by atoms with Crippen molar-refractivity contribution in [1.29, 1.82) is 0 Å². The highest BCUT2D eigenvalue weighted by molar-refractivity contribution is 6.30. The fourth-order valence-electron chi connectivity index (χ4n) is 2.54. The highest BCUT2D eigenvalue weighted by Crippen LogP contribution is 2.28. The van der Waals surface area contributed by atoms with E-state index in [4.69, 9.17) is 20.8 Å². The van der Waals surface area contributed by atoms with Crippen LogP contribution in [0.5, 0.6) is 0 Å². The van der Waals surface area contributed by atoms with Gasteiger partial charge in [0.1, 0.15) is 5.52 Å². The molecule has 130 valence electrons. The minimum absolute atomic E-state index is 0.193. The molecule has 1 N–H and O–H groups in total. The van der Waals surface area contributed by atoms with Crippen LogP contribution >= 0.6 is 11.6 Å². The zero-order chi connectivity index (χ0) is 18.0. The standard InChI is InChI=1S/C19H18ClNO4/c1-3-24-19(23)11(2)13-6-9-16-15(10-13)21-18(25-16)17(22)12-4-7-14(20)8-5-12/h4-11,17,22H,3H2,1-2H3. The number of halogens is 1. The number of hydrogen-bond acceptors (Lipinski definition) is 5. The third-order valence-corrected chi connectivity index (χ3v) is 4.24. The Kier molecular flexibility index (Phi) is 5.06. The summed E-state index contributed by atoms with van der Waals surface area (Å²) < 4.78 is 10.7. The van der Waals surface area contributed by atoms with Crippen molar-refractivity contribution in [2.75, 3.05) is 6.61 Å². The molecule has 0 aliphatic carbocycles. The number of fused-ring (bicyclic) bond motifs is 1. The molecule has 0 bridgehead atoms. The second-order valence-electron chi connectivity index (χ2n) is 5.71. The number of oxazole rings is 1. The molecule has 1 aromatic heterocycles. The third kappa shape index (κ3) is 3.67. The van der Waals surface area contributed by atoms with Crippen LogP contribution in [-0.2, 0) is 9.53 Å². The van der Waals surface area contributed by atoms with Gasteiger partial charge in [-0.25, -0.2) is 4.98 Å². The SMILES string of the molecule is CCOC(=O)C(C)c1ccc2oc(C(O)c3ccc(Cl)cc3)nc2c1. The number of aliphatic hydroxyl groups is 1. The van der Waals surface area contributed by atoms with Gasteiger partial charge in [0.25, 0.3) is 0 Å². The molecule has 0 aliphatic heterocycles. The van der Waals surface area contributed by atoms with Gasteiger partial charge in [0.2, 0.25) is 5.89 Å². The maximum absolute atomic E-state index is 11.9. The molecular formula is C19H18ClNO4. The number of benzene rings is 2. The van der Waals surface area contributed by atoms with Crippen LogP contribution in [0.25, 0.3) is 11.1 Å². The molecule has 25 heavy (non-hydrogen) atoms. The molecule has 0 amide bonds. The number of hydrogen-bond donors (Lipinski definition) is 1. The smallest absolute Gasteiger partial charge is 0.313 e. The Labute approximate surface area is 150 Å². The van der Waals surface area contributed by atoms with E-state index in [9.17, 15) is 9.90 Å². The van der Waals surface area contributed by atoms with E-state index in [0.717, 1.165) is 5.56 Å².